The van der Waals surface area contributed by atoms with E-state index in [0.29, 0.717) is 0 Å². The Bertz CT molecular complexity index is 147. The van der Waals surface area contributed by atoms with Crippen molar-refractivity contribution in [2.24, 2.45) is 0 Å². The lowest BCUT2D eigenvalue weighted by molar-refractivity contribution is 0.654. The van der Waals surface area contributed by atoms with Crippen molar-refractivity contribution < 1.29 is 4.39 Å². The molecule has 1 radical (unpaired) electrons. The van der Waals surface area contributed by atoms with E-state index in [9.17, 15) is 4.39 Å². The van der Waals surface area contributed by atoms with E-state index in [1.807, 2.05) is 0 Å². The van der Waals surface area contributed by atoms with E-state index in [-0.39, 0.29) is 5.15 Å². The maximum atomic E-state index is 11.9. The van der Waals surface area contributed by atoms with Crippen LogP contribution in [0.3, 0.4) is 0 Å². The molecule has 1 rings (SSSR count). The molecular formula is C3ClFNS. The second kappa shape index (κ2) is 1.76. The third kappa shape index (κ3) is 0.894. The van der Waals surface area contributed by atoms with Gasteiger partial charge in [-0.3, -0.25) is 0 Å². The molecule has 1 nitrogen and oxygen atoms in total. The van der Waals surface area contributed by atoms with E-state index in [1.165, 1.54) is 0 Å². The molecule has 0 N–H and O–H groups in total. The molecule has 0 saturated carbocycles. The van der Waals surface area contributed by atoms with Crippen molar-refractivity contribution in [2.45, 2.75) is 0 Å². The lowest BCUT2D eigenvalue weighted by atomic mass is 11.0. The lowest BCUT2D eigenvalue weighted by Gasteiger charge is -1.69. The van der Waals surface area contributed by atoms with Crippen molar-refractivity contribution in [1.29, 1.82) is 0 Å². The molecule has 0 aliphatic heterocycles. The van der Waals surface area contributed by atoms with Gasteiger partial charge < -0.3 is 0 Å². The number of halogens is 2. The second-order valence-electron chi connectivity index (χ2n) is 0.870. The summed E-state index contributed by atoms with van der Waals surface area (Å²) in [6.45, 7) is 0. The van der Waals surface area contributed by atoms with E-state index >= 15 is 0 Å². The molecule has 0 bridgehead atoms. The zero-order valence-corrected chi connectivity index (χ0v) is 4.68. The second-order valence-corrected chi connectivity index (χ2v) is 1.97. The van der Waals surface area contributed by atoms with Gasteiger partial charge >= 0.3 is 0 Å². The smallest absolute Gasteiger partial charge is 0.215 e. The molecule has 0 aromatic carbocycles. The van der Waals surface area contributed by atoms with E-state index in [2.05, 4.69) is 10.5 Å². The molecule has 0 saturated heterocycles. The van der Waals surface area contributed by atoms with Crippen LogP contribution >= 0.6 is 22.9 Å². The molecule has 0 unspecified atom stereocenters. The van der Waals surface area contributed by atoms with Crippen molar-refractivity contribution in [3.8, 4) is 0 Å². The fourth-order valence-electron chi connectivity index (χ4n) is 0.189. The molecule has 1 aromatic heterocycles. The van der Waals surface area contributed by atoms with Crippen LogP contribution in [0.1, 0.15) is 0 Å². The van der Waals surface area contributed by atoms with Crippen molar-refractivity contribution in [2.75, 3.05) is 0 Å². The fourth-order valence-corrected chi connectivity index (χ4v) is 0.744. The third-order valence-corrected chi connectivity index (χ3v) is 1.36. The molecule has 37 valence electrons. The van der Waals surface area contributed by atoms with Gasteiger partial charge in [-0.1, -0.05) is 22.9 Å². The van der Waals surface area contributed by atoms with Crippen molar-refractivity contribution in [3.05, 3.63) is 15.8 Å². The SMILES string of the molecule is Fc1s[c]nc1Cl. The highest BCUT2D eigenvalue weighted by Gasteiger charge is 1.97. The molecule has 0 spiro atoms. The summed E-state index contributed by atoms with van der Waals surface area (Å²) in [5.41, 5.74) is 2.28. The molecular weight excluding hydrogens is 137 g/mol. The Balaban J connectivity index is 3.12. The van der Waals surface area contributed by atoms with Crippen LogP contribution in [0.25, 0.3) is 0 Å². The van der Waals surface area contributed by atoms with Gasteiger partial charge in [0.1, 0.15) is 0 Å². The summed E-state index contributed by atoms with van der Waals surface area (Å²) < 4.78 is 11.9. The summed E-state index contributed by atoms with van der Waals surface area (Å²) in [7, 11) is 0. The molecule has 1 heterocycles. The first-order valence-corrected chi connectivity index (χ1v) is 2.68. The Morgan fingerprint density at radius 1 is 1.86 bits per heavy atom. The number of aromatic nitrogens is 1. The highest BCUT2D eigenvalue weighted by atomic mass is 35.5. The van der Waals surface area contributed by atoms with Crippen molar-refractivity contribution in [1.82, 2.24) is 4.98 Å². The summed E-state index contributed by atoms with van der Waals surface area (Å²) in [6.07, 6.45) is 0. The minimum Gasteiger partial charge on any atom is -0.218 e. The molecule has 0 atom stereocenters. The third-order valence-electron chi connectivity index (χ3n) is 0.441. The van der Waals surface area contributed by atoms with Gasteiger partial charge in [0.2, 0.25) is 5.13 Å². The Morgan fingerprint density at radius 2 is 2.57 bits per heavy atom. The van der Waals surface area contributed by atoms with Gasteiger partial charge in [0.05, 0.1) is 0 Å². The van der Waals surface area contributed by atoms with Gasteiger partial charge in [-0.2, -0.15) is 4.39 Å². The summed E-state index contributed by atoms with van der Waals surface area (Å²) >= 11 is 5.89. The zero-order valence-electron chi connectivity index (χ0n) is 3.11. The van der Waals surface area contributed by atoms with E-state index in [0.717, 1.165) is 11.3 Å². The normalized spacial score (nSPS) is 9.43. The summed E-state index contributed by atoms with van der Waals surface area (Å²) in [4.78, 5) is 3.30. The van der Waals surface area contributed by atoms with Gasteiger partial charge in [-0.25, -0.2) is 4.98 Å². The van der Waals surface area contributed by atoms with Crippen LogP contribution in [-0.4, -0.2) is 4.98 Å². The number of hydrogen-bond donors (Lipinski definition) is 0. The highest BCUT2D eigenvalue weighted by molar-refractivity contribution is 7.07. The van der Waals surface area contributed by atoms with E-state index < -0.39 is 5.13 Å². The van der Waals surface area contributed by atoms with Gasteiger partial charge in [0, 0.05) is 0 Å². The number of hydrogen-bond acceptors (Lipinski definition) is 2. The number of thiazole rings is 1. The van der Waals surface area contributed by atoms with E-state index in [4.69, 9.17) is 11.6 Å². The van der Waals surface area contributed by atoms with Gasteiger partial charge in [-0.15, -0.1) is 0 Å². The maximum absolute atomic E-state index is 11.9. The summed E-state index contributed by atoms with van der Waals surface area (Å²) in [6, 6.07) is 0. The van der Waals surface area contributed by atoms with Gasteiger partial charge in [0.15, 0.2) is 10.7 Å². The quantitative estimate of drug-likeness (QED) is 0.530. The Kier molecular flexibility index (Phi) is 1.25. The predicted molar refractivity (Wildman–Crippen MR) is 25.9 cm³/mol. The van der Waals surface area contributed by atoms with Crippen molar-refractivity contribution >= 4 is 22.9 Å². The lowest BCUT2D eigenvalue weighted by Crippen LogP contribution is -1.60. The van der Waals surface area contributed by atoms with E-state index in [1.54, 1.807) is 0 Å². The Labute approximate surface area is 48.8 Å². The summed E-state index contributed by atoms with van der Waals surface area (Å²) in [5.74, 6) is 0. The van der Waals surface area contributed by atoms with Crippen LogP contribution in [0.15, 0.2) is 0 Å². The molecule has 1 aromatic rings. The Morgan fingerprint density at radius 3 is 2.71 bits per heavy atom. The van der Waals surface area contributed by atoms with Crippen LogP contribution in [-0.2, 0) is 0 Å². The van der Waals surface area contributed by atoms with Crippen LogP contribution < -0.4 is 0 Å². The largest absolute Gasteiger partial charge is 0.218 e. The van der Waals surface area contributed by atoms with Crippen molar-refractivity contribution in [3.63, 3.8) is 0 Å². The minimum atomic E-state index is -0.471. The predicted octanol–water partition coefficient (Wildman–Crippen LogP) is 1.74. The minimum absolute atomic E-state index is 0.0926. The van der Waals surface area contributed by atoms with Crippen LogP contribution in [0, 0.1) is 10.6 Å². The topological polar surface area (TPSA) is 12.9 Å². The number of rotatable bonds is 0. The first-order chi connectivity index (χ1) is 3.30. The standard InChI is InChI=1S/C3ClFNS/c4-2-3(5)7-1-6-2. The Hall–Kier alpha value is -0.150. The van der Waals surface area contributed by atoms with Crippen LogP contribution in [0.2, 0.25) is 5.15 Å². The molecule has 0 aliphatic rings. The van der Waals surface area contributed by atoms with Crippen LogP contribution in [0.4, 0.5) is 4.39 Å². The molecule has 0 fully saturated rings. The maximum Gasteiger partial charge on any atom is 0.215 e. The first kappa shape index (κ1) is 5.00. The first-order valence-electron chi connectivity index (χ1n) is 1.48. The molecule has 4 heteroatoms. The fraction of sp³-hybridized carbons (Fsp3) is 0. The molecule has 7 heavy (non-hydrogen) atoms. The zero-order chi connectivity index (χ0) is 5.28. The monoisotopic (exact) mass is 136 g/mol. The molecule has 0 amide bonds. The summed E-state index contributed by atoms with van der Waals surface area (Å²) in [5, 5.41) is -0.563. The van der Waals surface area contributed by atoms with Gasteiger partial charge in [-0.05, 0) is 0 Å². The van der Waals surface area contributed by atoms with Gasteiger partial charge in [0.25, 0.3) is 0 Å². The number of nitrogens with zero attached hydrogens (tertiary/aromatic N) is 1. The molecule has 0 aliphatic carbocycles. The van der Waals surface area contributed by atoms with Crippen LogP contribution in [0.5, 0.6) is 0 Å². The highest BCUT2D eigenvalue weighted by Crippen LogP contribution is 2.13. The average molecular weight is 137 g/mol. The average Bonchev–Trinajstić information content (AvgIpc) is 1.91.